The summed E-state index contributed by atoms with van der Waals surface area (Å²) in [7, 11) is 1.35. The number of nitrogens with zero attached hydrogens (tertiary/aromatic N) is 2. The third-order valence-electron chi connectivity index (χ3n) is 5.35. The van der Waals surface area contributed by atoms with Crippen LogP contribution in [0.3, 0.4) is 0 Å². The number of rotatable bonds is 3. The Morgan fingerprint density at radius 3 is 2.71 bits per heavy atom. The molecule has 1 aliphatic rings. The standard InChI is InChI=1S/C24H18N2O3S2/c1-14-20(23(28)29-2)21(18-11-6-12-30-18)26-22(27)19(31-24(26)25-14)13-16-9-5-8-15-7-3-4-10-17(15)16/h3-13,21H,1-2H3/b19-13-/t21-/m0/s1. The van der Waals surface area contributed by atoms with Gasteiger partial charge in [-0.2, -0.15) is 0 Å². The summed E-state index contributed by atoms with van der Waals surface area (Å²) < 4.78 is 7.22. The Morgan fingerprint density at radius 2 is 1.94 bits per heavy atom. The summed E-state index contributed by atoms with van der Waals surface area (Å²) >= 11 is 2.84. The Balaban J connectivity index is 1.77. The van der Waals surface area contributed by atoms with Crippen LogP contribution in [0.25, 0.3) is 16.8 Å². The van der Waals surface area contributed by atoms with Gasteiger partial charge in [0.1, 0.15) is 6.04 Å². The highest BCUT2D eigenvalue weighted by Crippen LogP contribution is 2.33. The van der Waals surface area contributed by atoms with Gasteiger partial charge in [-0.3, -0.25) is 9.36 Å². The van der Waals surface area contributed by atoms with Gasteiger partial charge in [0.15, 0.2) is 4.80 Å². The molecular weight excluding hydrogens is 428 g/mol. The molecule has 4 aromatic rings. The molecule has 0 radical (unpaired) electrons. The second-order valence-electron chi connectivity index (χ2n) is 7.16. The fourth-order valence-electron chi connectivity index (χ4n) is 3.93. The molecule has 2 aromatic heterocycles. The molecule has 5 rings (SSSR count). The largest absolute Gasteiger partial charge is 0.466 e. The zero-order valence-electron chi connectivity index (χ0n) is 16.9. The van der Waals surface area contributed by atoms with Gasteiger partial charge in [0.25, 0.3) is 5.56 Å². The maximum Gasteiger partial charge on any atom is 0.338 e. The first-order valence-electron chi connectivity index (χ1n) is 9.70. The number of fused-ring (bicyclic) bond motifs is 2. The molecule has 1 atom stereocenters. The van der Waals surface area contributed by atoms with Crippen LogP contribution in [-0.4, -0.2) is 17.6 Å². The Morgan fingerprint density at radius 1 is 1.13 bits per heavy atom. The molecule has 7 heteroatoms. The summed E-state index contributed by atoms with van der Waals surface area (Å²) in [6.45, 7) is 1.79. The lowest BCUT2D eigenvalue weighted by molar-refractivity contribution is -0.136. The molecule has 154 valence electrons. The van der Waals surface area contributed by atoms with E-state index in [4.69, 9.17) is 4.74 Å². The van der Waals surface area contributed by atoms with Crippen LogP contribution in [0, 0.1) is 0 Å². The molecular formula is C24H18N2O3S2. The Hall–Kier alpha value is -3.29. The van der Waals surface area contributed by atoms with E-state index in [2.05, 4.69) is 17.1 Å². The topological polar surface area (TPSA) is 60.7 Å². The average molecular weight is 447 g/mol. The molecule has 0 N–H and O–H groups in total. The van der Waals surface area contributed by atoms with E-state index < -0.39 is 12.0 Å². The minimum atomic E-state index is -0.543. The Bertz CT molecular complexity index is 1520. The summed E-state index contributed by atoms with van der Waals surface area (Å²) in [5.74, 6) is -0.469. The van der Waals surface area contributed by atoms with Crippen LogP contribution in [0.15, 0.2) is 81.0 Å². The summed E-state index contributed by atoms with van der Waals surface area (Å²) in [6, 6.07) is 17.4. The molecule has 2 aromatic carbocycles. The van der Waals surface area contributed by atoms with Gasteiger partial charge >= 0.3 is 5.97 Å². The van der Waals surface area contributed by atoms with Crippen LogP contribution in [0.2, 0.25) is 0 Å². The zero-order chi connectivity index (χ0) is 21.5. The molecule has 1 aliphatic heterocycles. The zero-order valence-corrected chi connectivity index (χ0v) is 18.5. The number of allylic oxidation sites excluding steroid dienone is 1. The number of thiophene rings is 1. The van der Waals surface area contributed by atoms with Gasteiger partial charge < -0.3 is 4.74 Å². The highest BCUT2D eigenvalue weighted by molar-refractivity contribution is 7.10. The maximum absolute atomic E-state index is 13.5. The minimum Gasteiger partial charge on any atom is -0.466 e. The number of methoxy groups -OCH3 is 1. The van der Waals surface area contributed by atoms with Crippen molar-refractivity contribution in [3.8, 4) is 0 Å². The predicted octanol–water partition coefficient (Wildman–Crippen LogP) is 3.62. The summed E-state index contributed by atoms with van der Waals surface area (Å²) in [4.78, 5) is 32.2. The Labute approximate surface area is 185 Å². The first-order chi connectivity index (χ1) is 15.1. The van der Waals surface area contributed by atoms with Crippen LogP contribution in [0.4, 0.5) is 0 Å². The second kappa shape index (κ2) is 7.76. The molecule has 5 nitrogen and oxygen atoms in total. The van der Waals surface area contributed by atoms with Crippen LogP contribution in [-0.2, 0) is 9.53 Å². The monoisotopic (exact) mass is 446 g/mol. The average Bonchev–Trinajstić information content (AvgIpc) is 3.41. The number of carbonyl (C=O) groups excluding carboxylic acids is 1. The number of benzene rings is 2. The van der Waals surface area contributed by atoms with E-state index in [0.29, 0.717) is 20.6 Å². The molecule has 3 heterocycles. The van der Waals surface area contributed by atoms with Crippen molar-refractivity contribution >= 4 is 45.5 Å². The summed E-state index contributed by atoms with van der Waals surface area (Å²) in [6.07, 6.45) is 1.91. The lowest BCUT2D eigenvalue weighted by atomic mass is 10.0. The van der Waals surface area contributed by atoms with E-state index in [0.717, 1.165) is 21.2 Å². The highest BCUT2D eigenvalue weighted by atomic mass is 32.1. The van der Waals surface area contributed by atoms with Gasteiger partial charge in [0.05, 0.1) is 22.9 Å². The number of hydrogen-bond acceptors (Lipinski definition) is 6. The number of aromatic nitrogens is 1. The van der Waals surface area contributed by atoms with E-state index in [1.54, 1.807) is 11.5 Å². The number of thiazole rings is 1. The smallest absolute Gasteiger partial charge is 0.338 e. The first kappa shape index (κ1) is 19.7. The van der Waals surface area contributed by atoms with Crippen LogP contribution in [0.1, 0.15) is 23.4 Å². The van der Waals surface area contributed by atoms with Gasteiger partial charge in [-0.1, -0.05) is 59.9 Å². The molecule has 0 bridgehead atoms. The lowest BCUT2D eigenvalue weighted by Crippen LogP contribution is -2.39. The van der Waals surface area contributed by atoms with Crippen molar-refractivity contribution in [3.05, 3.63) is 101 Å². The fraction of sp³-hybridized carbons (Fsp3) is 0.125. The number of ether oxygens (including phenoxy) is 1. The Kier molecular flexibility index (Phi) is 4.92. The SMILES string of the molecule is COC(=O)C1=C(C)N=c2s/c(=C\c3cccc4ccccc34)c(=O)n2[C@H]1c1cccs1. The van der Waals surface area contributed by atoms with Crippen LogP contribution < -0.4 is 14.9 Å². The van der Waals surface area contributed by atoms with Crippen molar-refractivity contribution in [1.82, 2.24) is 4.57 Å². The third kappa shape index (κ3) is 3.26. The van der Waals surface area contributed by atoms with E-state index >= 15 is 0 Å². The van der Waals surface area contributed by atoms with Crippen molar-refractivity contribution in [2.45, 2.75) is 13.0 Å². The number of esters is 1. The van der Waals surface area contributed by atoms with Crippen molar-refractivity contribution in [2.24, 2.45) is 4.99 Å². The summed E-state index contributed by atoms with van der Waals surface area (Å²) in [5.41, 5.74) is 1.78. The van der Waals surface area contributed by atoms with Crippen molar-refractivity contribution < 1.29 is 9.53 Å². The highest BCUT2D eigenvalue weighted by Gasteiger charge is 2.33. The predicted molar refractivity (Wildman–Crippen MR) is 124 cm³/mol. The summed E-state index contributed by atoms with van der Waals surface area (Å²) in [5, 5.41) is 4.13. The van der Waals surface area contributed by atoms with E-state index in [9.17, 15) is 9.59 Å². The minimum absolute atomic E-state index is 0.163. The number of carbonyl (C=O) groups is 1. The molecule has 0 unspecified atom stereocenters. The van der Waals surface area contributed by atoms with Crippen molar-refractivity contribution in [2.75, 3.05) is 7.11 Å². The van der Waals surface area contributed by atoms with Crippen LogP contribution in [0.5, 0.6) is 0 Å². The maximum atomic E-state index is 13.5. The molecule has 31 heavy (non-hydrogen) atoms. The molecule has 0 amide bonds. The number of hydrogen-bond donors (Lipinski definition) is 0. The lowest BCUT2D eigenvalue weighted by Gasteiger charge is -2.22. The molecule has 0 aliphatic carbocycles. The second-order valence-corrected chi connectivity index (χ2v) is 9.15. The van der Waals surface area contributed by atoms with Gasteiger partial charge in [0.2, 0.25) is 0 Å². The van der Waals surface area contributed by atoms with E-state index in [1.165, 1.54) is 29.8 Å². The third-order valence-corrected chi connectivity index (χ3v) is 7.26. The van der Waals surface area contributed by atoms with Gasteiger partial charge in [-0.05, 0) is 40.8 Å². The van der Waals surface area contributed by atoms with Gasteiger partial charge in [-0.25, -0.2) is 9.79 Å². The normalized spacial score (nSPS) is 16.3. The molecule has 0 saturated heterocycles. The first-order valence-corrected chi connectivity index (χ1v) is 11.4. The van der Waals surface area contributed by atoms with Gasteiger partial charge in [-0.15, -0.1) is 11.3 Å². The van der Waals surface area contributed by atoms with E-state index in [-0.39, 0.29) is 5.56 Å². The van der Waals surface area contributed by atoms with Crippen molar-refractivity contribution in [1.29, 1.82) is 0 Å². The van der Waals surface area contributed by atoms with Crippen molar-refractivity contribution in [3.63, 3.8) is 0 Å². The molecule has 0 spiro atoms. The molecule has 0 saturated carbocycles. The quantitative estimate of drug-likeness (QED) is 0.452. The molecule has 0 fully saturated rings. The van der Waals surface area contributed by atoms with Gasteiger partial charge in [0, 0.05) is 4.88 Å². The fourth-order valence-corrected chi connectivity index (χ4v) is 5.79. The van der Waals surface area contributed by atoms with Crippen LogP contribution >= 0.6 is 22.7 Å². The van der Waals surface area contributed by atoms with E-state index in [1.807, 2.05) is 53.9 Å².